The Labute approximate surface area is 176 Å². The van der Waals surface area contributed by atoms with E-state index in [1.54, 1.807) is 11.1 Å². The first kappa shape index (κ1) is 20.2. The van der Waals surface area contributed by atoms with E-state index in [4.69, 9.17) is 0 Å². The van der Waals surface area contributed by atoms with Crippen molar-refractivity contribution in [1.29, 1.82) is 0 Å². The summed E-state index contributed by atoms with van der Waals surface area (Å²) in [5.41, 5.74) is -0.122. The standard InChI is InChI=1S/C21H21F4N5O/c22-14-9-13(10-15(23)11-14)16-2-6-29-12-21(20(31)30(16)29)3-7-28(8-4-21)17-1-5-26-19(27-17)18(24)25/h1,5,9-11,16,18H,2-4,6-8,12H2/t16-/m0/s1. The van der Waals surface area contributed by atoms with E-state index in [0.29, 0.717) is 56.8 Å². The van der Waals surface area contributed by atoms with Gasteiger partial charge in [-0.25, -0.2) is 32.5 Å². The molecule has 4 heterocycles. The van der Waals surface area contributed by atoms with Crippen molar-refractivity contribution in [3.8, 4) is 0 Å². The average molecular weight is 435 g/mol. The highest BCUT2D eigenvalue weighted by molar-refractivity contribution is 5.85. The number of benzene rings is 1. The second kappa shape index (κ2) is 7.44. The SMILES string of the molecule is O=C1N2[C@H](c3cc(F)cc(F)c3)CCN2CC12CCN(c1ccnc(C(F)F)n1)CC2. The largest absolute Gasteiger partial charge is 0.356 e. The van der Waals surface area contributed by atoms with Crippen molar-refractivity contribution in [1.82, 2.24) is 20.0 Å². The van der Waals surface area contributed by atoms with Gasteiger partial charge in [-0.2, -0.15) is 0 Å². The number of aromatic nitrogens is 2. The number of carbonyl (C=O) groups is 1. The van der Waals surface area contributed by atoms with Crippen LogP contribution in [0.2, 0.25) is 0 Å². The lowest BCUT2D eigenvalue weighted by atomic mass is 9.77. The fraction of sp³-hybridized carbons (Fsp3) is 0.476. The molecule has 3 saturated heterocycles. The van der Waals surface area contributed by atoms with Crippen LogP contribution in [0.4, 0.5) is 23.4 Å². The van der Waals surface area contributed by atoms with Crippen LogP contribution in [0.3, 0.4) is 0 Å². The summed E-state index contributed by atoms with van der Waals surface area (Å²) >= 11 is 0. The zero-order valence-electron chi connectivity index (χ0n) is 16.6. The van der Waals surface area contributed by atoms with Gasteiger partial charge in [0.25, 0.3) is 6.43 Å². The molecular weight excluding hydrogens is 414 g/mol. The molecule has 0 unspecified atom stereocenters. The topological polar surface area (TPSA) is 52.6 Å². The van der Waals surface area contributed by atoms with E-state index < -0.39 is 29.3 Å². The number of alkyl halides is 2. The third-order valence-corrected chi connectivity index (χ3v) is 6.58. The van der Waals surface area contributed by atoms with Crippen LogP contribution in [0.15, 0.2) is 30.5 Å². The Bertz CT molecular complexity index is 991. The third-order valence-electron chi connectivity index (χ3n) is 6.58. The van der Waals surface area contributed by atoms with Crippen molar-refractivity contribution in [2.24, 2.45) is 5.41 Å². The summed E-state index contributed by atoms with van der Waals surface area (Å²) in [5, 5.41) is 3.65. The molecule has 31 heavy (non-hydrogen) atoms. The molecule has 3 aliphatic heterocycles. The fourth-order valence-electron chi connectivity index (χ4n) is 5.04. The van der Waals surface area contributed by atoms with Crippen molar-refractivity contribution in [3.63, 3.8) is 0 Å². The van der Waals surface area contributed by atoms with Crippen molar-refractivity contribution in [2.75, 3.05) is 31.1 Å². The predicted molar refractivity (Wildman–Crippen MR) is 103 cm³/mol. The summed E-state index contributed by atoms with van der Waals surface area (Å²) in [6, 6.07) is 4.61. The lowest BCUT2D eigenvalue weighted by Gasteiger charge is -2.38. The molecule has 1 atom stereocenters. The smallest absolute Gasteiger partial charge is 0.297 e. The molecule has 3 aliphatic rings. The molecule has 1 amide bonds. The normalized spacial score (nSPS) is 23.3. The number of anilines is 1. The molecule has 1 spiro atoms. The lowest BCUT2D eigenvalue weighted by molar-refractivity contribution is -0.143. The van der Waals surface area contributed by atoms with Crippen LogP contribution < -0.4 is 4.90 Å². The minimum Gasteiger partial charge on any atom is -0.356 e. The molecule has 1 aromatic carbocycles. The number of piperidine rings is 1. The Morgan fingerprint density at radius 1 is 1.06 bits per heavy atom. The van der Waals surface area contributed by atoms with E-state index in [1.165, 1.54) is 18.3 Å². The van der Waals surface area contributed by atoms with E-state index in [2.05, 4.69) is 9.97 Å². The van der Waals surface area contributed by atoms with Gasteiger partial charge >= 0.3 is 0 Å². The Kier molecular flexibility index (Phi) is 4.84. The quantitative estimate of drug-likeness (QED) is 0.691. The highest BCUT2D eigenvalue weighted by Gasteiger charge is 2.56. The van der Waals surface area contributed by atoms with Crippen LogP contribution in [0.25, 0.3) is 0 Å². The summed E-state index contributed by atoms with van der Waals surface area (Å²) in [7, 11) is 0. The zero-order chi connectivity index (χ0) is 21.8. The Hall–Kier alpha value is -2.75. The van der Waals surface area contributed by atoms with Crippen LogP contribution >= 0.6 is 0 Å². The molecule has 5 rings (SSSR count). The van der Waals surface area contributed by atoms with Crippen molar-refractivity contribution >= 4 is 11.7 Å². The number of halogens is 4. The van der Waals surface area contributed by atoms with Gasteiger partial charge in [-0.3, -0.25) is 9.80 Å². The lowest BCUT2D eigenvalue weighted by Crippen LogP contribution is -2.46. The molecule has 0 N–H and O–H groups in total. The molecule has 10 heteroatoms. The second-order valence-electron chi connectivity index (χ2n) is 8.39. The van der Waals surface area contributed by atoms with Gasteiger partial charge < -0.3 is 4.90 Å². The average Bonchev–Trinajstić information content (AvgIpc) is 3.26. The molecule has 0 bridgehead atoms. The maximum absolute atomic E-state index is 13.7. The molecule has 3 fully saturated rings. The van der Waals surface area contributed by atoms with Crippen LogP contribution in [0.1, 0.15) is 43.1 Å². The van der Waals surface area contributed by atoms with Gasteiger partial charge in [-0.15, -0.1) is 0 Å². The maximum atomic E-state index is 13.7. The zero-order valence-corrected chi connectivity index (χ0v) is 16.6. The summed E-state index contributed by atoms with van der Waals surface area (Å²) in [6.07, 6.45) is 0.305. The number of nitrogens with zero attached hydrogens (tertiary/aromatic N) is 5. The number of hydrogen-bond acceptors (Lipinski definition) is 5. The predicted octanol–water partition coefficient (Wildman–Crippen LogP) is 3.48. The summed E-state index contributed by atoms with van der Waals surface area (Å²) in [5.74, 6) is -1.42. The first-order valence-electron chi connectivity index (χ1n) is 10.3. The first-order valence-corrected chi connectivity index (χ1v) is 10.3. The summed E-state index contributed by atoms with van der Waals surface area (Å²) in [6.45, 7) is 2.21. The monoisotopic (exact) mass is 435 g/mol. The number of rotatable bonds is 3. The van der Waals surface area contributed by atoms with Gasteiger partial charge in [0.1, 0.15) is 17.5 Å². The number of amides is 1. The third kappa shape index (κ3) is 3.42. The minimum atomic E-state index is -2.74. The van der Waals surface area contributed by atoms with Gasteiger partial charge in [-0.1, -0.05) is 0 Å². The number of hydrogen-bond donors (Lipinski definition) is 0. The highest BCUT2D eigenvalue weighted by atomic mass is 19.3. The van der Waals surface area contributed by atoms with E-state index >= 15 is 0 Å². The van der Waals surface area contributed by atoms with Gasteiger partial charge in [-0.05, 0) is 43.0 Å². The second-order valence-corrected chi connectivity index (χ2v) is 8.39. The van der Waals surface area contributed by atoms with Crippen molar-refractivity contribution < 1.29 is 22.4 Å². The summed E-state index contributed by atoms with van der Waals surface area (Å²) < 4.78 is 53.3. The molecule has 6 nitrogen and oxygen atoms in total. The minimum absolute atomic E-state index is 0.0322. The van der Waals surface area contributed by atoms with E-state index in [9.17, 15) is 22.4 Å². The molecule has 0 aliphatic carbocycles. The van der Waals surface area contributed by atoms with E-state index in [0.717, 1.165) is 6.07 Å². The van der Waals surface area contributed by atoms with Crippen molar-refractivity contribution in [2.45, 2.75) is 31.7 Å². The van der Waals surface area contributed by atoms with Gasteiger partial charge in [0, 0.05) is 38.4 Å². The number of hydrazine groups is 1. The van der Waals surface area contributed by atoms with E-state index in [1.807, 2.05) is 9.91 Å². The van der Waals surface area contributed by atoms with Gasteiger partial charge in [0.05, 0.1) is 11.5 Å². The number of fused-ring (bicyclic) bond motifs is 1. The molecule has 0 saturated carbocycles. The molecule has 2 aromatic rings. The maximum Gasteiger partial charge on any atom is 0.297 e. The molecule has 1 aromatic heterocycles. The van der Waals surface area contributed by atoms with Gasteiger partial charge in [0.15, 0.2) is 5.82 Å². The van der Waals surface area contributed by atoms with Crippen LogP contribution in [0.5, 0.6) is 0 Å². The molecule has 164 valence electrons. The van der Waals surface area contributed by atoms with Gasteiger partial charge in [0.2, 0.25) is 5.91 Å². The van der Waals surface area contributed by atoms with Crippen molar-refractivity contribution in [3.05, 3.63) is 53.5 Å². The highest BCUT2D eigenvalue weighted by Crippen LogP contribution is 2.47. The number of carbonyl (C=O) groups excluding carboxylic acids is 1. The first-order chi connectivity index (χ1) is 14.9. The molecular formula is C21H21F4N5O. The Morgan fingerprint density at radius 2 is 1.77 bits per heavy atom. The summed E-state index contributed by atoms with van der Waals surface area (Å²) in [4.78, 5) is 22.9. The van der Waals surface area contributed by atoms with E-state index in [-0.39, 0.29) is 11.9 Å². The fourth-order valence-corrected chi connectivity index (χ4v) is 5.04. The van der Waals surface area contributed by atoms with Crippen LogP contribution in [0, 0.1) is 17.0 Å². The molecule has 0 radical (unpaired) electrons. The van der Waals surface area contributed by atoms with Crippen LogP contribution in [-0.2, 0) is 4.79 Å². The van der Waals surface area contributed by atoms with Crippen LogP contribution in [-0.4, -0.2) is 52.1 Å². The Balaban J connectivity index is 1.33. The Morgan fingerprint density at radius 3 is 2.45 bits per heavy atom.